The van der Waals surface area contributed by atoms with Gasteiger partial charge in [0, 0.05) is 0 Å². The zero-order chi connectivity index (χ0) is 11.5. The number of carbonyl (C=O) groups excluding carboxylic acids is 1. The van der Waals surface area contributed by atoms with Crippen molar-refractivity contribution in [3.05, 3.63) is 34.1 Å². The van der Waals surface area contributed by atoms with Crippen molar-refractivity contribution in [3.63, 3.8) is 0 Å². The molecule has 0 aromatic carbocycles. The van der Waals surface area contributed by atoms with E-state index in [0.29, 0.717) is 16.9 Å². The van der Waals surface area contributed by atoms with Crippen LogP contribution >= 0.6 is 22.9 Å². The van der Waals surface area contributed by atoms with Gasteiger partial charge in [-0.25, -0.2) is 9.97 Å². The highest BCUT2D eigenvalue weighted by atomic mass is 35.5. The summed E-state index contributed by atoms with van der Waals surface area (Å²) < 4.78 is 0. The third-order valence-electron chi connectivity index (χ3n) is 1.90. The summed E-state index contributed by atoms with van der Waals surface area (Å²) in [6.07, 6.45) is 1.90. The average molecular weight is 250 g/mol. The molecule has 16 heavy (non-hydrogen) atoms. The second-order valence-electron chi connectivity index (χ2n) is 2.82. The predicted octanol–water partition coefficient (Wildman–Crippen LogP) is 2.54. The lowest BCUT2D eigenvalue weighted by atomic mass is 10.2. The molecule has 2 rings (SSSR count). The first-order chi connectivity index (χ1) is 7.76. The zero-order valence-corrected chi connectivity index (χ0v) is 9.42. The largest absolute Gasteiger partial charge is 0.298 e. The smallest absolute Gasteiger partial charge is 0.155 e. The highest BCUT2D eigenvalue weighted by Crippen LogP contribution is 2.29. The van der Waals surface area contributed by atoms with E-state index in [1.807, 2.05) is 6.07 Å². The first kappa shape index (κ1) is 10.7. The Balaban J connectivity index is 2.60. The van der Waals surface area contributed by atoms with Crippen LogP contribution < -0.4 is 0 Å². The number of rotatable bonds is 2. The Labute approximate surface area is 100 Å². The maximum Gasteiger partial charge on any atom is 0.155 e. The molecule has 0 aliphatic heterocycles. The van der Waals surface area contributed by atoms with Gasteiger partial charge in [0.15, 0.2) is 6.29 Å². The summed E-state index contributed by atoms with van der Waals surface area (Å²) in [5.74, 6) is 0. The maximum absolute atomic E-state index is 10.9. The summed E-state index contributed by atoms with van der Waals surface area (Å²) in [5, 5.41) is 8.83. The molecular weight excluding hydrogens is 246 g/mol. The summed E-state index contributed by atoms with van der Waals surface area (Å²) >= 11 is 7.03. The van der Waals surface area contributed by atoms with E-state index in [1.54, 1.807) is 12.1 Å². The van der Waals surface area contributed by atoms with Crippen molar-refractivity contribution in [2.24, 2.45) is 0 Å². The molecule has 0 saturated carbocycles. The van der Waals surface area contributed by atoms with Crippen molar-refractivity contribution in [1.29, 1.82) is 5.26 Å². The van der Waals surface area contributed by atoms with Gasteiger partial charge in [0.25, 0.3) is 0 Å². The van der Waals surface area contributed by atoms with Gasteiger partial charge in [-0.15, -0.1) is 11.3 Å². The fourth-order valence-corrected chi connectivity index (χ4v) is 2.19. The summed E-state index contributed by atoms with van der Waals surface area (Å²) in [6, 6.07) is 5.43. The van der Waals surface area contributed by atoms with Gasteiger partial charge < -0.3 is 0 Å². The third kappa shape index (κ3) is 1.81. The third-order valence-corrected chi connectivity index (χ3v) is 3.20. The molecule has 4 nitrogen and oxygen atoms in total. The quantitative estimate of drug-likeness (QED) is 0.606. The van der Waals surface area contributed by atoms with Crippen LogP contribution in [0.5, 0.6) is 0 Å². The summed E-state index contributed by atoms with van der Waals surface area (Å²) in [5.41, 5.74) is 0.706. The van der Waals surface area contributed by atoms with Crippen molar-refractivity contribution in [1.82, 2.24) is 9.97 Å². The van der Waals surface area contributed by atoms with E-state index in [4.69, 9.17) is 16.9 Å². The molecule has 0 atom stereocenters. The molecule has 2 heterocycles. The van der Waals surface area contributed by atoms with Gasteiger partial charge >= 0.3 is 0 Å². The minimum atomic E-state index is 0.118. The Morgan fingerprint density at radius 1 is 1.44 bits per heavy atom. The number of aldehydes is 1. The molecule has 0 bridgehead atoms. The molecular formula is C10H4ClN3OS. The number of hydrogen-bond donors (Lipinski definition) is 0. The Bertz CT molecular complexity index is 588. The van der Waals surface area contributed by atoms with Crippen LogP contribution in [0.15, 0.2) is 18.5 Å². The minimum Gasteiger partial charge on any atom is -0.298 e. The van der Waals surface area contributed by atoms with Crippen molar-refractivity contribution in [2.45, 2.75) is 0 Å². The maximum atomic E-state index is 10.9. The number of carbonyl (C=O) groups is 1. The number of aromatic nitrogens is 2. The Morgan fingerprint density at radius 2 is 2.25 bits per heavy atom. The summed E-state index contributed by atoms with van der Waals surface area (Å²) in [7, 11) is 0. The molecule has 0 spiro atoms. The van der Waals surface area contributed by atoms with Gasteiger partial charge in [-0.1, -0.05) is 11.6 Å². The van der Waals surface area contributed by atoms with Crippen LogP contribution in [-0.4, -0.2) is 16.3 Å². The number of thiophene rings is 1. The van der Waals surface area contributed by atoms with E-state index in [0.717, 1.165) is 4.88 Å². The van der Waals surface area contributed by atoms with E-state index in [9.17, 15) is 4.79 Å². The lowest BCUT2D eigenvalue weighted by molar-refractivity contribution is 0.112. The number of halogens is 1. The molecule has 0 saturated heterocycles. The van der Waals surface area contributed by atoms with E-state index >= 15 is 0 Å². The first-order valence-corrected chi connectivity index (χ1v) is 5.41. The lowest BCUT2D eigenvalue weighted by Crippen LogP contribution is -1.93. The van der Waals surface area contributed by atoms with Crippen LogP contribution in [-0.2, 0) is 0 Å². The molecule has 0 amide bonds. The summed E-state index contributed by atoms with van der Waals surface area (Å²) in [4.78, 5) is 19.9. The normalized spacial score (nSPS) is 9.75. The van der Waals surface area contributed by atoms with Crippen LogP contribution in [0.25, 0.3) is 10.6 Å². The van der Waals surface area contributed by atoms with Crippen LogP contribution in [0.3, 0.4) is 0 Å². The van der Waals surface area contributed by atoms with Crippen LogP contribution in [0.1, 0.15) is 15.2 Å². The second-order valence-corrected chi connectivity index (χ2v) is 4.26. The van der Waals surface area contributed by atoms with E-state index in [2.05, 4.69) is 9.97 Å². The molecule has 0 aliphatic carbocycles. The average Bonchev–Trinajstić information content (AvgIpc) is 2.77. The number of nitriles is 1. The SMILES string of the molecule is N#Cc1ccc(-c2ncnc(Cl)c2C=O)s1. The fourth-order valence-electron chi connectivity index (χ4n) is 1.20. The Hall–Kier alpha value is -1.77. The van der Waals surface area contributed by atoms with Crippen molar-refractivity contribution in [2.75, 3.05) is 0 Å². The monoisotopic (exact) mass is 249 g/mol. The van der Waals surface area contributed by atoms with E-state index in [-0.39, 0.29) is 10.7 Å². The molecule has 6 heteroatoms. The molecule has 78 valence electrons. The zero-order valence-electron chi connectivity index (χ0n) is 7.85. The standard InChI is InChI=1S/C10H4ClN3OS/c11-10-7(4-15)9(13-5-14-10)8-2-1-6(3-12)16-8/h1-2,4-5H. The molecule has 2 aromatic heterocycles. The number of hydrogen-bond acceptors (Lipinski definition) is 5. The van der Waals surface area contributed by atoms with Crippen LogP contribution in [0, 0.1) is 11.3 Å². The van der Waals surface area contributed by atoms with Crippen LogP contribution in [0.4, 0.5) is 0 Å². The van der Waals surface area contributed by atoms with Gasteiger partial charge in [-0.3, -0.25) is 4.79 Å². The van der Waals surface area contributed by atoms with Gasteiger partial charge in [0.1, 0.15) is 22.4 Å². The van der Waals surface area contributed by atoms with Gasteiger partial charge in [-0.2, -0.15) is 5.26 Å². The number of nitrogens with zero attached hydrogens (tertiary/aromatic N) is 3. The molecule has 0 unspecified atom stereocenters. The predicted molar refractivity (Wildman–Crippen MR) is 60.5 cm³/mol. The highest BCUT2D eigenvalue weighted by molar-refractivity contribution is 7.16. The van der Waals surface area contributed by atoms with Gasteiger partial charge in [0.2, 0.25) is 0 Å². The molecule has 2 aromatic rings. The van der Waals surface area contributed by atoms with Crippen molar-refractivity contribution >= 4 is 29.2 Å². The molecule has 0 radical (unpaired) electrons. The molecule has 0 N–H and O–H groups in total. The minimum absolute atomic E-state index is 0.118. The van der Waals surface area contributed by atoms with Crippen LogP contribution in [0.2, 0.25) is 5.15 Å². The van der Waals surface area contributed by atoms with E-state index in [1.165, 1.54) is 17.7 Å². The van der Waals surface area contributed by atoms with Crippen molar-refractivity contribution < 1.29 is 4.79 Å². The summed E-state index contributed by atoms with van der Waals surface area (Å²) in [6.45, 7) is 0. The second kappa shape index (κ2) is 4.39. The topological polar surface area (TPSA) is 66.6 Å². The fraction of sp³-hybridized carbons (Fsp3) is 0. The Morgan fingerprint density at radius 3 is 2.88 bits per heavy atom. The lowest BCUT2D eigenvalue weighted by Gasteiger charge is -2.00. The van der Waals surface area contributed by atoms with Gasteiger partial charge in [-0.05, 0) is 12.1 Å². The van der Waals surface area contributed by atoms with Gasteiger partial charge in [0.05, 0.1) is 16.1 Å². The highest BCUT2D eigenvalue weighted by Gasteiger charge is 2.12. The van der Waals surface area contributed by atoms with Crippen molar-refractivity contribution in [3.8, 4) is 16.6 Å². The molecule has 0 fully saturated rings. The first-order valence-electron chi connectivity index (χ1n) is 4.22. The Kier molecular flexibility index (Phi) is 2.95. The van der Waals surface area contributed by atoms with E-state index < -0.39 is 0 Å². The molecule has 0 aliphatic rings.